The fraction of sp³-hybridized carbons (Fsp3) is 0.786. The van der Waals surface area contributed by atoms with Gasteiger partial charge in [0.05, 0.1) is 0 Å². The second kappa shape index (κ2) is 6.78. The van der Waals surface area contributed by atoms with Gasteiger partial charge in [0, 0.05) is 12.6 Å². The number of aliphatic carboxylic acids is 1. The molecule has 2 aliphatic rings. The summed E-state index contributed by atoms with van der Waals surface area (Å²) in [5.41, 5.74) is 5.26. The lowest BCUT2D eigenvalue weighted by molar-refractivity contribution is -0.143. The summed E-state index contributed by atoms with van der Waals surface area (Å²) in [7, 11) is 0. The summed E-state index contributed by atoms with van der Waals surface area (Å²) in [5.74, 6) is -1.53. The van der Waals surface area contributed by atoms with Gasteiger partial charge in [-0.2, -0.15) is 0 Å². The van der Waals surface area contributed by atoms with Crippen LogP contribution in [0.2, 0.25) is 0 Å². The van der Waals surface area contributed by atoms with E-state index in [0.717, 1.165) is 38.5 Å². The quantitative estimate of drug-likeness (QED) is 0.800. The second-order valence-corrected chi connectivity index (χ2v) is 5.86. The van der Waals surface area contributed by atoms with E-state index in [1.165, 1.54) is 9.80 Å². The Morgan fingerprint density at radius 1 is 1.10 bits per heavy atom. The first-order valence-electron chi connectivity index (χ1n) is 7.59. The van der Waals surface area contributed by atoms with Gasteiger partial charge >= 0.3 is 12.0 Å². The zero-order chi connectivity index (χ0) is 15.4. The van der Waals surface area contributed by atoms with Crippen molar-refractivity contribution in [2.24, 2.45) is 5.73 Å². The number of carboxylic acid groups (broad SMARTS) is 1. The van der Waals surface area contributed by atoms with Gasteiger partial charge in [-0.15, -0.1) is 0 Å². The summed E-state index contributed by atoms with van der Waals surface area (Å²) in [6.07, 6.45) is 5.82. The molecule has 1 saturated heterocycles. The molecule has 1 aliphatic heterocycles. The molecule has 7 heteroatoms. The highest BCUT2D eigenvalue weighted by molar-refractivity contribution is 5.86. The maximum atomic E-state index is 12.7. The summed E-state index contributed by atoms with van der Waals surface area (Å²) in [6.45, 7) is 0.296. The Bertz CT molecular complexity index is 420. The number of carbonyl (C=O) groups excluding carboxylic acids is 2. The molecule has 3 amide bonds. The van der Waals surface area contributed by atoms with Crippen molar-refractivity contribution in [1.82, 2.24) is 9.80 Å². The number of likely N-dealkylation sites (tertiary alicyclic amines) is 1. The number of rotatable bonds is 4. The molecule has 21 heavy (non-hydrogen) atoms. The minimum atomic E-state index is -0.978. The molecule has 0 spiro atoms. The molecule has 1 atom stereocenters. The smallest absolute Gasteiger partial charge is 0.326 e. The third-order valence-corrected chi connectivity index (χ3v) is 4.37. The average molecular weight is 297 g/mol. The van der Waals surface area contributed by atoms with Gasteiger partial charge in [0.15, 0.2) is 0 Å². The van der Waals surface area contributed by atoms with Crippen LogP contribution in [0.3, 0.4) is 0 Å². The van der Waals surface area contributed by atoms with Crippen molar-refractivity contribution in [3.8, 4) is 0 Å². The van der Waals surface area contributed by atoms with E-state index in [1.807, 2.05) is 0 Å². The van der Waals surface area contributed by atoms with E-state index in [1.54, 1.807) is 0 Å². The molecule has 0 aromatic rings. The van der Waals surface area contributed by atoms with E-state index >= 15 is 0 Å². The minimum Gasteiger partial charge on any atom is -0.480 e. The van der Waals surface area contributed by atoms with Gasteiger partial charge in [-0.25, -0.2) is 9.59 Å². The second-order valence-electron chi connectivity index (χ2n) is 5.86. The van der Waals surface area contributed by atoms with Crippen LogP contribution in [0, 0.1) is 0 Å². The summed E-state index contributed by atoms with van der Waals surface area (Å²) in [5, 5.41) is 9.28. The molecule has 0 bridgehead atoms. The van der Waals surface area contributed by atoms with Crippen LogP contribution in [0.5, 0.6) is 0 Å². The maximum absolute atomic E-state index is 12.7. The van der Waals surface area contributed by atoms with Crippen LogP contribution in [0.4, 0.5) is 4.79 Å². The molecule has 118 valence electrons. The number of hydrogen-bond donors (Lipinski definition) is 2. The Kier molecular flexibility index (Phi) is 5.03. The minimum absolute atomic E-state index is 0.00127. The molecule has 1 heterocycles. The molecule has 2 rings (SSSR count). The number of hydrogen-bond acceptors (Lipinski definition) is 3. The zero-order valence-electron chi connectivity index (χ0n) is 12.2. The van der Waals surface area contributed by atoms with Crippen LogP contribution in [0.1, 0.15) is 44.9 Å². The van der Waals surface area contributed by atoms with Crippen LogP contribution in [-0.2, 0) is 9.59 Å². The van der Waals surface area contributed by atoms with E-state index in [2.05, 4.69) is 0 Å². The number of amides is 3. The normalized spacial score (nSPS) is 23.0. The van der Waals surface area contributed by atoms with Gasteiger partial charge in [0.2, 0.25) is 5.91 Å². The highest BCUT2D eigenvalue weighted by Crippen LogP contribution is 2.26. The molecule has 3 N–H and O–H groups in total. The van der Waals surface area contributed by atoms with E-state index < -0.39 is 17.9 Å². The van der Waals surface area contributed by atoms with E-state index in [-0.39, 0.29) is 18.6 Å². The number of piperidine rings is 1. The van der Waals surface area contributed by atoms with Crippen molar-refractivity contribution in [1.29, 1.82) is 0 Å². The number of primary amides is 1. The molecule has 0 radical (unpaired) electrons. The first-order valence-corrected chi connectivity index (χ1v) is 7.59. The lowest BCUT2D eigenvalue weighted by Crippen LogP contribution is -2.56. The Hall–Kier alpha value is -1.79. The van der Waals surface area contributed by atoms with Crippen molar-refractivity contribution in [2.45, 2.75) is 57.0 Å². The summed E-state index contributed by atoms with van der Waals surface area (Å²) in [4.78, 5) is 38.2. The van der Waals surface area contributed by atoms with Crippen molar-refractivity contribution in [3.63, 3.8) is 0 Å². The van der Waals surface area contributed by atoms with Gasteiger partial charge in [-0.1, -0.05) is 12.8 Å². The van der Waals surface area contributed by atoms with Crippen LogP contribution in [0.15, 0.2) is 0 Å². The molecular weight excluding hydrogens is 274 g/mol. The van der Waals surface area contributed by atoms with Crippen LogP contribution in [-0.4, -0.2) is 58.0 Å². The molecule has 7 nitrogen and oxygen atoms in total. The Morgan fingerprint density at radius 3 is 2.29 bits per heavy atom. The fourth-order valence-electron chi connectivity index (χ4n) is 3.32. The SMILES string of the molecule is NC(=O)CN(C(=O)N1CCCCC1C(=O)O)C1CCCC1. The molecule has 1 unspecified atom stereocenters. The van der Waals surface area contributed by atoms with Crippen LogP contribution < -0.4 is 5.73 Å². The largest absolute Gasteiger partial charge is 0.480 e. The van der Waals surface area contributed by atoms with Gasteiger partial charge < -0.3 is 20.6 Å². The molecular formula is C14H23N3O4. The molecule has 2 fully saturated rings. The molecule has 1 saturated carbocycles. The fourth-order valence-corrected chi connectivity index (χ4v) is 3.32. The molecule has 1 aliphatic carbocycles. The predicted molar refractivity (Wildman–Crippen MR) is 75.5 cm³/mol. The third kappa shape index (κ3) is 3.65. The number of urea groups is 1. The summed E-state index contributed by atoms with van der Waals surface area (Å²) < 4.78 is 0. The third-order valence-electron chi connectivity index (χ3n) is 4.37. The molecule has 0 aromatic heterocycles. The van der Waals surface area contributed by atoms with E-state index in [9.17, 15) is 19.5 Å². The predicted octanol–water partition coefficient (Wildman–Crippen LogP) is 0.775. The van der Waals surface area contributed by atoms with Gasteiger partial charge in [-0.05, 0) is 32.1 Å². The van der Waals surface area contributed by atoms with Crippen LogP contribution >= 0.6 is 0 Å². The number of nitrogens with two attached hydrogens (primary N) is 1. The first-order chi connectivity index (χ1) is 10.0. The highest BCUT2D eigenvalue weighted by atomic mass is 16.4. The van der Waals surface area contributed by atoms with Crippen LogP contribution in [0.25, 0.3) is 0 Å². The monoisotopic (exact) mass is 297 g/mol. The van der Waals surface area contributed by atoms with Gasteiger partial charge in [0.1, 0.15) is 12.6 Å². The Labute approximate surface area is 124 Å². The molecule has 0 aromatic carbocycles. The number of carbonyl (C=O) groups is 3. The van der Waals surface area contributed by atoms with Crippen molar-refractivity contribution >= 4 is 17.9 Å². The lowest BCUT2D eigenvalue weighted by atomic mass is 10.0. The highest BCUT2D eigenvalue weighted by Gasteiger charge is 2.37. The van der Waals surface area contributed by atoms with E-state index in [0.29, 0.717) is 13.0 Å². The topological polar surface area (TPSA) is 104 Å². The Balaban J connectivity index is 2.14. The number of carboxylic acids is 1. The summed E-state index contributed by atoms with van der Waals surface area (Å²) >= 11 is 0. The van der Waals surface area contributed by atoms with Gasteiger partial charge in [0.25, 0.3) is 0 Å². The summed E-state index contributed by atoms with van der Waals surface area (Å²) in [6, 6.07) is -1.14. The first kappa shape index (κ1) is 15.6. The number of nitrogens with zero attached hydrogens (tertiary/aromatic N) is 2. The van der Waals surface area contributed by atoms with Crippen molar-refractivity contribution in [3.05, 3.63) is 0 Å². The standard InChI is InChI=1S/C14H23N3O4/c15-12(18)9-17(10-5-1-2-6-10)14(21)16-8-4-3-7-11(16)13(19)20/h10-11H,1-9H2,(H2,15,18)(H,19,20). The average Bonchev–Trinajstić information content (AvgIpc) is 2.97. The van der Waals surface area contributed by atoms with Gasteiger partial charge in [-0.3, -0.25) is 4.79 Å². The zero-order valence-corrected chi connectivity index (χ0v) is 12.2. The van der Waals surface area contributed by atoms with Crippen molar-refractivity contribution in [2.75, 3.05) is 13.1 Å². The van der Waals surface area contributed by atoms with E-state index in [4.69, 9.17) is 5.73 Å². The maximum Gasteiger partial charge on any atom is 0.326 e. The van der Waals surface area contributed by atoms with Crippen molar-refractivity contribution < 1.29 is 19.5 Å². The Morgan fingerprint density at radius 2 is 1.71 bits per heavy atom. The lowest BCUT2D eigenvalue weighted by Gasteiger charge is -2.38.